The molecule has 0 unspecified atom stereocenters. The van der Waals surface area contributed by atoms with E-state index in [0.717, 1.165) is 27.6 Å². The summed E-state index contributed by atoms with van der Waals surface area (Å²) in [6, 6.07) is 15.7. The zero-order chi connectivity index (χ0) is 18.4. The summed E-state index contributed by atoms with van der Waals surface area (Å²) in [5.74, 6) is -0.686. The molecule has 0 aliphatic heterocycles. The maximum absolute atomic E-state index is 11.9. The zero-order valence-electron chi connectivity index (χ0n) is 14.7. The van der Waals surface area contributed by atoms with Crippen molar-refractivity contribution in [2.24, 2.45) is 0 Å². The number of ether oxygens (including phenoxy) is 1. The molecule has 1 amide bonds. The number of rotatable bonds is 7. The van der Waals surface area contributed by atoms with Crippen LogP contribution in [0.15, 0.2) is 54.7 Å². The monoisotopic (exact) mass is 350 g/mol. The van der Waals surface area contributed by atoms with E-state index in [1.165, 1.54) is 0 Å². The number of benzene rings is 2. The molecule has 2 N–H and O–H groups in total. The minimum absolute atomic E-state index is 0.176. The molecule has 1 aromatic heterocycles. The Labute approximate surface area is 152 Å². The third-order valence-electron chi connectivity index (χ3n) is 4.35. The highest BCUT2D eigenvalue weighted by Gasteiger charge is 2.10. The Bertz CT molecular complexity index is 914. The number of nitrogens with one attached hydrogen (secondary N) is 2. The number of hydrogen-bond acceptors (Lipinski definition) is 3. The van der Waals surface area contributed by atoms with Gasteiger partial charge in [-0.15, -0.1) is 0 Å². The molecule has 1 heterocycles. The molecule has 5 heteroatoms. The molecule has 3 aromatic rings. The fourth-order valence-corrected chi connectivity index (χ4v) is 2.89. The molecule has 5 nitrogen and oxygen atoms in total. The van der Waals surface area contributed by atoms with Crippen molar-refractivity contribution in [1.29, 1.82) is 0 Å². The number of carbonyl (C=O) groups is 2. The van der Waals surface area contributed by atoms with Gasteiger partial charge in [0.15, 0.2) is 6.61 Å². The van der Waals surface area contributed by atoms with Gasteiger partial charge in [-0.05, 0) is 36.1 Å². The first-order valence-electron chi connectivity index (χ1n) is 8.65. The Morgan fingerprint density at radius 3 is 2.65 bits per heavy atom. The minimum atomic E-state index is -0.397. The molecule has 0 aliphatic rings. The van der Waals surface area contributed by atoms with Crippen molar-refractivity contribution in [3.8, 4) is 0 Å². The Morgan fingerprint density at radius 2 is 1.81 bits per heavy atom. The predicted molar refractivity (Wildman–Crippen MR) is 101 cm³/mol. The summed E-state index contributed by atoms with van der Waals surface area (Å²) in [4.78, 5) is 26.9. The number of esters is 1. The highest BCUT2D eigenvalue weighted by Crippen LogP contribution is 2.17. The van der Waals surface area contributed by atoms with Gasteiger partial charge in [0.1, 0.15) is 0 Å². The molecule has 26 heavy (non-hydrogen) atoms. The van der Waals surface area contributed by atoms with Crippen LogP contribution in [0.4, 0.5) is 0 Å². The first kappa shape index (κ1) is 17.7. The topological polar surface area (TPSA) is 71.2 Å². The van der Waals surface area contributed by atoms with Gasteiger partial charge >= 0.3 is 5.97 Å². The van der Waals surface area contributed by atoms with Crippen LogP contribution in [0.2, 0.25) is 0 Å². The molecular formula is C21H22N2O3. The highest BCUT2D eigenvalue weighted by molar-refractivity contribution is 5.83. The molecule has 134 valence electrons. The summed E-state index contributed by atoms with van der Waals surface area (Å²) in [6.45, 7) is 2.19. The van der Waals surface area contributed by atoms with Crippen LogP contribution in [-0.2, 0) is 27.2 Å². The number of aromatic nitrogens is 1. The standard InChI is InChI=1S/C21H22N2O3/c1-15-6-2-3-7-16(15)12-21(25)26-14-20(24)22-11-10-17-13-23-19-9-5-4-8-18(17)19/h2-9,13,23H,10-12,14H2,1H3,(H,22,24). The smallest absolute Gasteiger partial charge is 0.310 e. The average molecular weight is 350 g/mol. The van der Waals surface area contributed by atoms with Gasteiger partial charge in [0.25, 0.3) is 5.91 Å². The number of amides is 1. The van der Waals surface area contributed by atoms with Crippen LogP contribution in [0.5, 0.6) is 0 Å². The van der Waals surface area contributed by atoms with E-state index in [9.17, 15) is 9.59 Å². The number of para-hydroxylation sites is 1. The predicted octanol–water partition coefficient (Wildman–Crippen LogP) is 2.92. The quantitative estimate of drug-likeness (QED) is 0.644. The molecule has 0 radical (unpaired) electrons. The Kier molecular flexibility index (Phi) is 5.69. The Balaban J connectivity index is 1.40. The van der Waals surface area contributed by atoms with Gasteiger partial charge in [0.2, 0.25) is 0 Å². The minimum Gasteiger partial charge on any atom is -0.455 e. The second kappa shape index (κ2) is 8.34. The van der Waals surface area contributed by atoms with Gasteiger partial charge in [-0.3, -0.25) is 9.59 Å². The molecule has 2 aromatic carbocycles. The number of fused-ring (bicyclic) bond motifs is 1. The summed E-state index contributed by atoms with van der Waals surface area (Å²) >= 11 is 0. The number of aryl methyl sites for hydroxylation is 1. The molecule has 0 saturated heterocycles. The van der Waals surface area contributed by atoms with Crippen LogP contribution in [-0.4, -0.2) is 30.0 Å². The van der Waals surface area contributed by atoms with Gasteiger partial charge in [-0.25, -0.2) is 0 Å². The second-order valence-corrected chi connectivity index (χ2v) is 6.22. The molecular weight excluding hydrogens is 328 g/mol. The van der Waals surface area contributed by atoms with E-state index in [0.29, 0.717) is 13.0 Å². The first-order chi connectivity index (χ1) is 12.6. The van der Waals surface area contributed by atoms with Crippen LogP contribution >= 0.6 is 0 Å². The van der Waals surface area contributed by atoms with Gasteiger partial charge in [0.05, 0.1) is 6.42 Å². The largest absolute Gasteiger partial charge is 0.455 e. The number of H-pyrrole nitrogens is 1. The summed E-state index contributed by atoms with van der Waals surface area (Å²) in [7, 11) is 0. The van der Waals surface area contributed by atoms with Gasteiger partial charge < -0.3 is 15.0 Å². The first-order valence-corrected chi connectivity index (χ1v) is 8.65. The van der Waals surface area contributed by atoms with E-state index in [-0.39, 0.29) is 18.9 Å². The fraction of sp³-hybridized carbons (Fsp3) is 0.238. The van der Waals surface area contributed by atoms with Crippen molar-refractivity contribution in [1.82, 2.24) is 10.3 Å². The van der Waals surface area contributed by atoms with E-state index in [2.05, 4.69) is 16.4 Å². The Morgan fingerprint density at radius 1 is 1.04 bits per heavy atom. The third kappa shape index (κ3) is 4.51. The lowest BCUT2D eigenvalue weighted by Gasteiger charge is -2.08. The maximum Gasteiger partial charge on any atom is 0.310 e. The van der Waals surface area contributed by atoms with Crippen molar-refractivity contribution in [3.05, 3.63) is 71.4 Å². The van der Waals surface area contributed by atoms with Crippen molar-refractivity contribution in [2.75, 3.05) is 13.2 Å². The van der Waals surface area contributed by atoms with Crippen LogP contribution < -0.4 is 5.32 Å². The molecule has 0 bridgehead atoms. The lowest BCUT2D eigenvalue weighted by atomic mass is 10.1. The van der Waals surface area contributed by atoms with E-state index < -0.39 is 5.97 Å². The second-order valence-electron chi connectivity index (χ2n) is 6.22. The lowest BCUT2D eigenvalue weighted by molar-refractivity contribution is -0.147. The van der Waals surface area contributed by atoms with Gasteiger partial charge in [0, 0.05) is 23.6 Å². The van der Waals surface area contributed by atoms with Crippen LogP contribution in [0.1, 0.15) is 16.7 Å². The summed E-state index contributed by atoms with van der Waals surface area (Å²) < 4.78 is 5.06. The molecule has 0 fully saturated rings. The van der Waals surface area contributed by atoms with Crippen LogP contribution in [0, 0.1) is 6.92 Å². The number of hydrogen-bond donors (Lipinski definition) is 2. The average Bonchev–Trinajstić information content (AvgIpc) is 3.05. The summed E-state index contributed by atoms with van der Waals surface area (Å²) in [5, 5.41) is 3.94. The van der Waals surface area contributed by atoms with Gasteiger partial charge in [-0.1, -0.05) is 42.5 Å². The normalized spacial score (nSPS) is 10.7. The van der Waals surface area contributed by atoms with E-state index in [1.54, 1.807) is 0 Å². The van der Waals surface area contributed by atoms with Crippen LogP contribution in [0.3, 0.4) is 0 Å². The van der Waals surface area contributed by atoms with E-state index in [4.69, 9.17) is 4.74 Å². The van der Waals surface area contributed by atoms with Crippen molar-refractivity contribution in [2.45, 2.75) is 19.8 Å². The lowest BCUT2D eigenvalue weighted by Crippen LogP contribution is -2.30. The summed E-state index contributed by atoms with van der Waals surface area (Å²) in [6.07, 6.45) is 2.85. The molecule has 0 spiro atoms. The molecule has 0 aliphatic carbocycles. The van der Waals surface area contributed by atoms with Crippen LogP contribution in [0.25, 0.3) is 10.9 Å². The van der Waals surface area contributed by atoms with E-state index >= 15 is 0 Å². The zero-order valence-corrected chi connectivity index (χ0v) is 14.7. The molecule has 0 atom stereocenters. The number of aromatic amines is 1. The SMILES string of the molecule is Cc1ccccc1CC(=O)OCC(=O)NCCc1c[nH]c2ccccc12. The highest BCUT2D eigenvalue weighted by atomic mass is 16.5. The van der Waals surface area contributed by atoms with E-state index in [1.807, 2.05) is 55.6 Å². The fourth-order valence-electron chi connectivity index (χ4n) is 2.89. The molecule has 3 rings (SSSR count). The summed E-state index contributed by atoms with van der Waals surface area (Å²) in [5.41, 5.74) is 4.18. The number of carbonyl (C=O) groups excluding carboxylic acids is 2. The van der Waals surface area contributed by atoms with Crippen molar-refractivity contribution < 1.29 is 14.3 Å². The van der Waals surface area contributed by atoms with Crippen molar-refractivity contribution in [3.63, 3.8) is 0 Å². The molecule has 0 saturated carbocycles. The maximum atomic E-state index is 11.9. The third-order valence-corrected chi connectivity index (χ3v) is 4.35. The van der Waals surface area contributed by atoms with Crippen molar-refractivity contribution >= 4 is 22.8 Å². The Hall–Kier alpha value is -3.08. The van der Waals surface area contributed by atoms with Gasteiger partial charge in [-0.2, -0.15) is 0 Å².